The van der Waals surface area contributed by atoms with Gasteiger partial charge in [0.05, 0.1) is 16.7 Å². The molecule has 36 heavy (non-hydrogen) atoms. The van der Waals surface area contributed by atoms with E-state index in [1.807, 2.05) is 18.2 Å². The van der Waals surface area contributed by atoms with Crippen LogP contribution < -0.4 is 10.6 Å². The van der Waals surface area contributed by atoms with Crippen molar-refractivity contribution in [2.75, 3.05) is 49.2 Å². The van der Waals surface area contributed by atoms with Crippen LogP contribution in [-0.2, 0) is 19.6 Å². The van der Waals surface area contributed by atoms with Crippen molar-refractivity contribution in [3.63, 3.8) is 0 Å². The normalized spacial score (nSPS) is 19.7. The van der Waals surface area contributed by atoms with Gasteiger partial charge < -0.3 is 15.4 Å². The van der Waals surface area contributed by atoms with Gasteiger partial charge in [-0.05, 0) is 62.8 Å². The molecule has 3 heterocycles. The third kappa shape index (κ3) is 6.69. The van der Waals surface area contributed by atoms with Crippen LogP contribution in [0.1, 0.15) is 32.6 Å². The Labute approximate surface area is 222 Å². The standard InChI is InChI=1S/C25H32Cl2N4O4S/c1-2-36(33,34)31-9-3-4-18(16-31)25(32)30-24-13-21(23(27)15-29-24)20-12-19(5-6-22(20)26)28-14-17-7-10-35-11-8-17/h5-6,12-13,15,17-18,28H,2-4,7-11,14,16H2,1H3,(H,29,30,32). The van der Waals surface area contributed by atoms with E-state index in [4.69, 9.17) is 27.9 Å². The number of hydrogen-bond acceptors (Lipinski definition) is 6. The van der Waals surface area contributed by atoms with E-state index in [1.54, 1.807) is 13.0 Å². The van der Waals surface area contributed by atoms with Gasteiger partial charge >= 0.3 is 0 Å². The highest BCUT2D eigenvalue weighted by Gasteiger charge is 2.31. The molecule has 1 unspecified atom stereocenters. The van der Waals surface area contributed by atoms with E-state index in [0.717, 1.165) is 43.9 Å². The topological polar surface area (TPSA) is 101 Å². The summed E-state index contributed by atoms with van der Waals surface area (Å²) in [6.45, 7) is 4.68. The minimum absolute atomic E-state index is 0.0210. The number of benzene rings is 1. The molecule has 2 N–H and O–H groups in total. The van der Waals surface area contributed by atoms with Crippen molar-refractivity contribution in [1.82, 2.24) is 9.29 Å². The number of ether oxygens (including phenoxy) is 1. The first-order valence-corrected chi connectivity index (χ1v) is 14.7. The van der Waals surface area contributed by atoms with E-state index >= 15 is 0 Å². The van der Waals surface area contributed by atoms with Gasteiger partial charge in [0.15, 0.2) is 0 Å². The second-order valence-electron chi connectivity index (χ2n) is 9.27. The Morgan fingerprint density at radius 1 is 1.14 bits per heavy atom. The van der Waals surface area contributed by atoms with E-state index in [-0.39, 0.29) is 18.2 Å². The maximum Gasteiger partial charge on any atom is 0.229 e. The zero-order valence-corrected chi connectivity index (χ0v) is 22.6. The van der Waals surface area contributed by atoms with E-state index in [9.17, 15) is 13.2 Å². The molecule has 11 heteroatoms. The fourth-order valence-corrected chi connectivity index (χ4v) is 6.19. The van der Waals surface area contributed by atoms with Crippen molar-refractivity contribution >= 4 is 50.6 Å². The minimum atomic E-state index is -3.34. The number of pyridine rings is 1. The first-order valence-electron chi connectivity index (χ1n) is 12.3. The highest BCUT2D eigenvalue weighted by molar-refractivity contribution is 7.89. The van der Waals surface area contributed by atoms with Crippen molar-refractivity contribution in [3.05, 3.63) is 40.5 Å². The quantitative estimate of drug-likeness (QED) is 0.481. The van der Waals surface area contributed by atoms with Gasteiger partial charge in [-0.25, -0.2) is 17.7 Å². The molecule has 1 amide bonds. The Morgan fingerprint density at radius 3 is 2.64 bits per heavy atom. The number of nitrogens with zero attached hydrogens (tertiary/aromatic N) is 2. The molecule has 2 aromatic rings. The molecule has 0 aliphatic carbocycles. The van der Waals surface area contributed by atoms with Gasteiger partial charge in [-0.3, -0.25) is 4.79 Å². The summed E-state index contributed by atoms with van der Waals surface area (Å²) in [5.74, 6) is 0.221. The Balaban J connectivity index is 1.48. The largest absolute Gasteiger partial charge is 0.385 e. The Hall–Kier alpha value is -1.91. The molecule has 2 saturated heterocycles. The number of sulfonamides is 1. The summed E-state index contributed by atoms with van der Waals surface area (Å²) in [6, 6.07) is 7.40. The highest BCUT2D eigenvalue weighted by atomic mass is 35.5. The smallest absolute Gasteiger partial charge is 0.229 e. The molecular formula is C25H32Cl2N4O4S. The maximum atomic E-state index is 13.0. The maximum absolute atomic E-state index is 13.0. The lowest BCUT2D eigenvalue weighted by Crippen LogP contribution is -2.44. The van der Waals surface area contributed by atoms with Crippen molar-refractivity contribution in [3.8, 4) is 11.1 Å². The van der Waals surface area contributed by atoms with Crippen molar-refractivity contribution in [1.29, 1.82) is 0 Å². The first-order chi connectivity index (χ1) is 17.3. The number of amides is 1. The van der Waals surface area contributed by atoms with E-state index < -0.39 is 15.9 Å². The lowest BCUT2D eigenvalue weighted by molar-refractivity contribution is -0.120. The molecular weight excluding hydrogens is 523 g/mol. The molecule has 1 aromatic carbocycles. The Morgan fingerprint density at radius 2 is 1.89 bits per heavy atom. The number of anilines is 2. The SMILES string of the molecule is CCS(=O)(=O)N1CCCC(C(=O)Nc2cc(-c3cc(NCC4CCOCC4)ccc3Cl)c(Cl)cn2)C1. The third-order valence-electron chi connectivity index (χ3n) is 6.81. The molecule has 4 rings (SSSR count). The second kappa shape index (κ2) is 12.1. The van der Waals surface area contributed by atoms with Crippen LogP contribution in [-0.4, -0.2) is 62.2 Å². The molecule has 2 aliphatic heterocycles. The predicted octanol–water partition coefficient (Wildman–Crippen LogP) is 4.89. The van der Waals surface area contributed by atoms with Gasteiger partial charge in [0, 0.05) is 60.9 Å². The third-order valence-corrected chi connectivity index (χ3v) is 9.29. The summed E-state index contributed by atoms with van der Waals surface area (Å²) < 4.78 is 31.4. The number of hydrogen-bond donors (Lipinski definition) is 2. The fourth-order valence-electron chi connectivity index (χ4n) is 4.59. The summed E-state index contributed by atoms with van der Waals surface area (Å²) in [5.41, 5.74) is 2.31. The molecule has 8 nitrogen and oxygen atoms in total. The fraction of sp³-hybridized carbons (Fsp3) is 0.520. The van der Waals surface area contributed by atoms with Gasteiger partial charge in [0.25, 0.3) is 0 Å². The zero-order chi connectivity index (χ0) is 25.7. The first kappa shape index (κ1) is 27.1. The lowest BCUT2D eigenvalue weighted by Gasteiger charge is -2.30. The molecule has 1 aromatic heterocycles. The summed E-state index contributed by atoms with van der Waals surface area (Å²) in [6.07, 6.45) is 4.82. The highest BCUT2D eigenvalue weighted by Crippen LogP contribution is 2.36. The summed E-state index contributed by atoms with van der Waals surface area (Å²) in [7, 11) is -3.34. The number of nitrogens with one attached hydrogen (secondary N) is 2. The van der Waals surface area contributed by atoms with Crippen LogP contribution >= 0.6 is 23.2 Å². The molecule has 1 atom stereocenters. The summed E-state index contributed by atoms with van der Waals surface area (Å²) >= 11 is 13.0. The van der Waals surface area contributed by atoms with Gasteiger partial charge in [-0.15, -0.1) is 0 Å². The van der Waals surface area contributed by atoms with Gasteiger partial charge in [0.2, 0.25) is 15.9 Å². The van der Waals surface area contributed by atoms with Gasteiger partial charge in [0.1, 0.15) is 5.82 Å². The molecule has 2 fully saturated rings. The summed E-state index contributed by atoms with van der Waals surface area (Å²) in [5, 5.41) is 7.27. The monoisotopic (exact) mass is 554 g/mol. The average molecular weight is 556 g/mol. The van der Waals surface area contributed by atoms with Gasteiger partial charge in [-0.1, -0.05) is 23.2 Å². The number of halogens is 2. The van der Waals surface area contributed by atoms with Crippen LogP contribution in [0.15, 0.2) is 30.5 Å². The van der Waals surface area contributed by atoms with Crippen molar-refractivity contribution < 1.29 is 17.9 Å². The number of rotatable bonds is 8. The van der Waals surface area contributed by atoms with E-state index in [0.29, 0.717) is 46.7 Å². The van der Waals surface area contributed by atoms with Crippen LogP contribution in [0.3, 0.4) is 0 Å². The number of carbonyl (C=O) groups excluding carboxylic acids is 1. The summed E-state index contributed by atoms with van der Waals surface area (Å²) in [4.78, 5) is 17.2. The average Bonchev–Trinajstić information content (AvgIpc) is 2.90. The van der Waals surface area contributed by atoms with Crippen molar-refractivity contribution in [2.24, 2.45) is 11.8 Å². The van der Waals surface area contributed by atoms with Crippen LogP contribution in [0, 0.1) is 11.8 Å². The minimum Gasteiger partial charge on any atom is -0.385 e. The molecule has 0 saturated carbocycles. The zero-order valence-electron chi connectivity index (χ0n) is 20.3. The molecule has 0 spiro atoms. The number of aromatic nitrogens is 1. The van der Waals surface area contributed by atoms with Crippen LogP contribution in [0.2, 0.25) is 10.0 Å². The van der Waals surface area contributed by atoms with Crippen LogP contribution in [0.4, 0.5) is 11.5 Å². The number of piperidine rings is 1. The Kier molecular flexibility index (Phi) is 9.11. The predicted molar refractivity (Wildman–Crippen MR) is 144 cm³/mol. The second-order valence-corrected chi connectivity index (χ2v) is 12.3. The van der Waals surface area contributed by atoms with Crippen LogP contribution in [0.25, 0.3) is 11.1 Å². The van der Waals surface area contributed by atoms with Crippen molar-refractivity contribution in [2.45, 2.75) is 32.6 Å². The molecule has 2 aliphatic rings. The van der Waals surface area contributed by atoms with E-state index in [1.165, 1.54) is 10.5 Å². The Bertz CT molecular complexity index is 1190. The molecule has 196 valence electrons. The molecule has 0 bridgehead atoms. The number of carbonyl (C=O) groups is 1. The van der Waals surface area contributed by atoms with Crippen LogP contribution in [0.5, 0.6) is 0 Å². The lowest BCUT2D eigenvalue weighted by atomic mass is 9.98. The van der Waals surface area contributed by atoms with Gasteiger partial charge in [-0.2, -0.15) is 0 Å². The van der Waals surface area contributed by atoms with E-state index in [2.05, 4.69) is 15.6 Å². The molecule has 0 radical (unpaired) electrons.